The van der Waals surface area contributed by atoms with E-state index in [1.54, 1.807) is 22.6 Å². The van der Waals surface area contributed by atoms with Gasteiger partial charge in [-0.1, -0.05) is 45.9 Å². The summed E-state index contributed by atoms with van der Waals surface area (Å²) < 4.78 is 1.75. The summed E-state index contributed by atoms with van der Waals surface area (Å²) in [6, 6.07) is 4.28. The minimum atomic E-state index is -1.27. The van der Waals surface area contributed by atoms with Gasteiger partial charge in [0, 0.05) is 10.7 Å². The van der Waals surface area contributed by atoms with Crippen LogP contribution >= 0.6 is 46.5 Å². The molecule has 5 rings (SSSR count). The number of carbonyl (C=O) groups is 3. The maximum absolute atomic E-state index is 12.9. The highest BCUT2D eigenvalue weighted by Crippen LogP contribution is 2.45. The van der Waals surface area contributed by atoms with Crippen LogP contribution in [-0.2, 0) is 14.4 Å². The van der Waals surface area contributed by atoms with Gasteiger partial charge >= 0.3 is 5.97 Å². The number of nitrogens with zero attached hydrogens (tertiary/aromatic N) is 6. The van der Waals surface area contributed by atoms with E-state index in [1.807, 2.05) is 0 Å². The van der Waals surface area contributed by atoms with Crippen LogP contribution in [0.25, 0.3) is 5.65 Å². The number of β-lactam (4-membered cyclic amide) rings is 1. The number of halogens is 1. The number of pyridine rings is 1. The van der Waals surface area contributed by atoms with Gasteiger partial charge in [0.25, 0.3) is 11.8 Å². The van der Waals surface area contributed by atoms with Gasteiger partial charge in [0.2, 0.25) is 0 Å². The standard InChI is InChI=1S/C18H13ClN8O5S3/c19-13-9(23-18(20)35-13)10(25-32)14(28)22-11-15(29)27-12(17(30)31)6(4-33-16(11)27)34-8-3-1-2-7-24-21-5-26(7)8/h1-3,5,11,16,32H,4H2,(H2,20,23)(H,22,28)(H,30,31)/b25-10-/t11-,16-/m1/s1. The van der Waals surface area contributed by atoms with E-state index < -0.39 is 34.9 Å². The van der Waals surface area contributed by atoms with Crippen molar-refractivity contribution in [1.82, 2.24) is 29.8 Å². The number of anilines is 1. The number of nitrogen functional groups attached to an aromatic ring is 1. The zero-order valence-electron chi connectivity index (χ0n) is 17.2. The van der Waals surface area contributed by atoms with Gasteiger partial charge < -0.3 is 21.4 Å². The number of fused-ring (bicyclic) bond motifs is 2. The number of nitrogens with one attached hydrogen (secondary N) is 1. The van der Waals surface area contributed by atoms with Crippen LogP contribution in [-0.4, -0.2) is 75.5 Å². The summed E-state index contributed by atoms with van der Waals surface area (Å²) in [7, 11) is 0. The molecule has 0 bridgehead atoms. The topological polar surface area (TPSA) is 188 Å². The van der Waals surface area contributed by atoms with Crippen LogP contribution in [0.2, 0.25) is 4.34 Å². The minimum absolute atomic E-state index is 0.0416. The number of oxime groups is 1. The molecule has 0 saturated carbocycles. The van der Waals surface area contributed by atoms with Crippen LogP contribution in [0.3, 0.4) is 0 Å². The molecule has 2 aliphatic heterocycles. The third kappa shape index (κ3) is 3.97. The van der Waals surface area contributed by atoms with Gasteiger partial charge in [-0.2, -0.15) is 0 Å². The number of thiazole rings is 1. The molecule has 0 unspecified atom stereocenters. The monoisotopic (exact) mass is 552 g/mol. The molecule has 5 N–H and O–H groups in total. The van der Waals surface area contributed by atoms with E-state index in [0.717, 1.165) is 16.2 Å². The van der Waals surface area contributed by atoms with Crippen molar-refractivity contribution in [2.75, 3.05) is 11.5 Å². The third-order valence-corrected chi connectivity index (χ3v) is 8.76. The fourth-order valence-electron chi connectivity index (χ4n) is 3.58. The van der Waals surface area contributed by atoms with Gasteiger partial charge in [-0.25, -0.2) is 9.78 Å². The molecule has 1 fully saturated rings. The van der Waals surface area contributed by atoms with E-state index in [2.05, 4.69) is 25.7 Å². The lowest BCUT2D eigenvalue weighted by molar-refractivity contribution is -0.150. The quantitative estimate of drug-likeness (QED) is 0.148. The van der Waals surface area contributed by atoms with E-state index in [9.17, 15) is 24.7 Å². The molecule has 17 heteroatoms. The van der Waals surface area contributed by atoms with E-state index in [1.165, 1.54) is 29.9 Å². The number of aromatic nitrogens is 4. The average Bonchev–Trinajstić information content (AvgIpc) is 3.44. The summed E-state index contributed by atoms with van der Waals surface area (Å²) >= 11 is 9.37. The minimum Gasteiger partial charge on any atom is -0.477 e. The molecule has 3 aromatic rings. The van der Waals surface area contributed by atoms with Gasteiger partial charge in [-0.05, 0) is 12.1 Å². The molecule has 0 aliphatic carbocycles. The second-order valence-electron chi connectivity index (χ2n) is 7.09. The highest BCUT2D eigenvalue weighted by Gasteiger charge is 2.54. The van der Waals surface area contributed by atoms with Gasteiger partial charge in [-0.15, -0.1) is 22.0 Å². The lowest BCUT2D eigenvalue weighted by Crippen LogP contribution is -2.71. The second kappa shape index (κ2) is 9.03. The number of carboxylic acids is 1. The number of carboxylic acid groups (broad SMARTS) is 1. The molecule has 1 saturated heterocycles. The third-order valence-electron chi connectivity index (χ3n) is 5.09. The fourth-order valence-corrected chi connectivity index (χ4v) is 7.06. The van der Waals surface area contributed by atoms with Crippen LogP contribution in [0.4, 0.5) is 5.13 Å². The van der Waals surface area contributed by atoms with Gasteiger partial charge in [-0.3, -0.25) is 18.9 Å². The summed E-state index contributed by atoms with van der Waals surface area (Å²) in [5.41, 5.74) is 5.38. The number of aliphatic carboxylic acids is 1. The molecular formula is C18H13ClN8O5S3. The largest absolute Gasteiger partial charge is 0.477 e. The van der Waals surface area contributed by atoms with E-state index in [4.69, 9.17) is 17.3 Å². The van der Waals surface area contributed by atoms with Crippen molar-refractivity contribution in [3.63, 3.8) is 0 Å². The molecule has 3 aromatic heterocycles. The first-order chi connectivity index (χ1) is 16.8. The molecule has 5 heterocycles. The van der Waals surface area contributed by atoms with E-state index >= 15 is 0 Å². The van der Waals surface area contributed by atoms with Crippen molar-refractivity contribution < 1.29 is 24.7 Å². The van der Waals surface area contributed by atoms with Gasteiger partial charge in [0.15, 0.2) is 16.5 Å². The molecule has 2 atom stereocenters. The van der Waals surface area contributed by atoms with Crippen LogP contribution < -0.4 is 11.1 Å². The Kier molecular flexibility index (Phi) is 6.04. The Hall–Kier alpha value is -3.34. The van der Waals surface area contributed by atoms with Crippen molar-refractivity contribution >= 4 is 80.7 Å². The molecule has 0 radical (unpaired) electrons. The van der Waals surface area contributed by atoms with E-state index in [0.29, 0.717) is 15.6 Å². The number of nitrogens with two attached hydrogens (primary N) is 1. The summed E-state index contributed by atoms with van der Waals surface area (Å²) in [4.78, 5) is 43.3. The lowest BCUT2D eigenvalue weighted by atomic mass is 10.0. The summed E-state index contributed by atoms with van der Waals surface area (Å²) in [5, 5.41) is 32.6. The Morgan fingerprint density at radius 3 is 2.86 bits per heavy atom. The zero-order valence-corrected chi connectivity index (χ0v) is 20.4. The lowest BCUT2D eigenvalue weighted by Gasteiger charge is -2.49. The number of hydrogen-bond acceptors (Lipinski definition) is 12. The van der Waals surface area contributed by atoms with Crippen molar-refractivity contribution in [3.8, 4) is 0 Å². The molecule has 13 nitrogen and oxygen atoms in total. The Labute approximate surface area is 213 Å². The first-order valence-corrected chi connectivity index (χ1v) is 12.7. The Morgan fingerprint density at radius 2 is 2.17 bits per heavy atom. The van der Waals surface area contributed by atoms with Crippen LogP contribution in [0, 0.1) is 0 Å². The summed E-state index contributed by atoms with van der Waals surface area (Å²) in [5.74, 6) is -2.51. The van der Waals surface area contributed by atoms with Gasteiger partial charge in [0.1, 0.15) is 33.5 Å². The SMILES string of the molecule is Nc1nc(/C(=N/O)C(=O)N[C@@H]2C(=O)N3C(C(=O)O)=C(Sc4cccc5nncn45)CS[C@H]23)c(Cl)s1. The predicted molar refractivity (Wildman–Crippen MR) is 128 cm³/mol. The molecule has 2 aliphatic rings. The molecule has 0 spiro atoms. The maximum Gasteiger partial charge on any atom is 0.353 e. The van der Waals surface area contributed by atoms with E-state index in [-0.39, 0.29) is 26.6 Å². The number of amides is 2. The van der Waals surface area contributed by atoms with Crippen LogP contribution in [0.15, 0.2) is 45.3 Å². The smallest absolute Gasteiger partial charge is 0.353 e. The predicted octanol–water partition coefficient (Wildman–Crippen LogP) is 1.09. The van der Waals surface area contributed by atoms with Crippen molar-refractivity contribution in [1.29, 1.82) is 0 Å². The fraction of sp³-hybridized carbons (Fsp3) is 0.167. The summed E-state index contributed by atoms with van der Waals surface area (Å²) in [6.45, 7) is 0. The number of carbonyl (C=O) groups excluding carboxylic acids is 2. The molecular weight excluding hydrogens is 540 g/mol. The first kappa shape index (κ1) is 23.4. The van der Waals surface area contributed by atoms with Crippen LogP contribution in [0.5, 0.6) is 0 Å². The Balaban J connectivity index is 1.38. The van der Waals surface area contributed by atoms with Gasteiger partial charge in [0.05, 0.1) is 5.03 Å². The maximum atomic E-state index is 12.9. The molecule has 180 valence electrons. The van der Waals surface area contributed by atoms with Crippen molar-refractivity contribution in [3.05, 3.63) is 45.2 Å². The second-order valence-corrected chi connectivity index (χ2v) is 10.9. The molecule has 0 aromatic carbocycles. The average molecular weight is 553 g/mol. The number of rotatable bonds is 6. The molecule has 35 heavy (non-hydrogen) atoms. The highest BCUT2D eigenvalue weighted by atomic mass is 35.5. The zero-order chi connectivity index (χ0) is 24.9. The van der Waals surface area contributed by atoms with Crippen molar-refractivity contribution in [2.24, 2.45) is 5.16 Å². The summed E-state index contributed by atoms with van der Waals surface area (Å²) in [6.07, 6.45) is 1.51. The Bertz CT molecular complexity index is 1450. The van der Waals surface area contributed by atoms with Crippen molar-refractivity contribution in [2.45, 2.75) is 16.4 Å². The normalized spacial score (nSPS) is 20.1. The number of thioether (sulfide) groups is 2. The first-order valence-electron chi connectivity index (χ1n) is 9.63. The van der Waals surface area contributed by atoms with Crippen LogP contribution in [0.1, 0.15) is 5.69 Å². The Morgan fingerprint density at radius 1 is 1.37 bits per heavy atom. The number of hydrogen-bond donors (Lipinski definition) is 4. The molecule has 2 amide bonds. The highest BCUT2D eigenvalue weighted by molar-refractivity contribution is 8.06.